The molecule has 5 heteroatoms. The van der Waals surface area contributed by atoms with Crippen LogP contribution in [-0.4, -0.2) is 32.9 Å². The Hall–Kier alpha value is -1.56. The van der Waals surface area contributed by atoms with Crippen LogP contribution in [0.2, 0.25) is 0 Å². The summed E-state index contributed by atoms with van der Waals surface area (Å²) in [5.74, 6) is 1.41. The van der Waals surface area contributed by atoms with Crippen molar-refractivity contribution in [3.05, 3.63) is 58.6 Å². The van der Waals surface area contributed by atoms with Crippen LogP contribution < -0.4 is 14.8 Å². The number of nitrogens with one attached hydrogen (secondary N) is 1. The summed E-state index contributed by atoms with van der Waals surface area (Å²) in [4.78, 5) is 0. The molecule has 1 aliphatic rings. The molecule has 1 aliphatic heterocycles. The highest BCUT2D eigenvalue weighted by molar-refractivity contribution is 9.10. The van der Waals surface area contributed by atoms with E-state index >= 15 is 0 Å². The molecule has 0 unspecified atom stereocenters. The van der Waals surface area contributed by atoms with Crippen molar-refractivity contribution < 1.29 is 14.2 Å². The van der Waals surface area contributed by atoms with E-state index in [-0.39, 0.29) is 12.2 Å². The largest absolute Gasteiger partial charge is 0.493 e. The molecular formula is C18H20BrNO3. The Morgan fingerprint density at radius 1 is 1.17 bits per heavy atom. The Kier molecular flexibility index (Phi) is 5.54. The highest BCUT2D eigenvalue weighted by atomic mass is 79.9. The van der Waals surface area contributed by atoms with Gasteiger partial charge in [-0.1, -0.05) is 46.3 Å². The first-order valence-electron chi connectivity index (χ1n) is 7.65. The first kappa shape index (κ1) is 16.3. The molecule has 0 saturated carbocycles. The van der Waals surface area contributed by atoms with Gasteiger partial charge < -0.3 is 19.5 Å². The van der Waals surface area contributed by atoms with Crippen molar-refractivity contribution >= 4 is 15.9 Å². The molecule has 4 nitrogen and oxygen atoms in total. The maximum atomic E-state index is 6.31. The van der Waals surface area contributed by atoms with Crippen molar-refractivity contribution in [1.29, 1.82) is 0 Å². The van der Waals surface area contributed by atoms with Crippen LogP contribution in [0.1, 0.15) is 11.7 Å². The molecule has 1 N–H and O–H groups in total. The van der Waals surface area contributed by atoms with Crippen molar-refractivity contribution in [1.82, 2.24) is 5.32 Å². The molecule has 0 spiro atoms. The first-order valence-corrected chi connectivity index (χ1v) is 8.44. The molecule has 0 amide bonds. The molecule has 23 heavy (non-hydrogen) atoms. The van der Waals surface area contributed by atoms with Crippen molar-refractivity contribution in [2.75, 3.05) is 26.8 Å². The summed E-state index contributed by atoms with van der Waals surface area (Å²) >= 11 is 3.45. The van der Waals surface area contributed by atoms with E-state index in [0.717, 1.165) is 23.1 Å². The van der Waals surface area contributed by atoms with Gasteiger partial charge in [-0.3, -0.25) is 0 Å². The molecule has 2 atom stereocenters. The lowest BCUT2D eigenvalue weighted by Crippen LogP contribution is -2.43. The van der Waals surface area contributed by atoms with Gasteiger partial charge in [0.2, 0.25) is 0 Å². The Bertz CT molecular complexity index is 629. The second-order valence-electron chi connectivity index (χ2n) is 5.36. The molecule has 0 aliphatic carbocycles. The lowest BCUT2D eigenvalue weighted by Gasteiger charge is -2.32. The van der Waals surface area contributed by atoms with Gasteiger partial charge in [-0.15, -0.1) is 0 Å². The summed E-state index contributed by atoms with van der Waals surface area (Å²) < 4.78 is 18.6. The first-order chi connectivity index (χ1) is 11.3. The molecule has 1 heterocycles. The third-order valence-corrected chi connectivity index (χ3v) is 4.29. The average molecular weight is 378 g/mol. The fraction of sp³-hybridized carbons (Fsp3) is 0.333. The summed E-state index contributed by atoms with van der Waals surface area (Å²) in [5.41, 5.74) is 1.09. The van der Waals surface area contributed by atoms with Crippen LogP contribution in [0.5, 0.6) is 11.5 Å². The van der Waals surface area contributed by atoms with Gasteiger partial charge in [-0.25, -0.2) is 0 Å². The van der Waals surface area contributed by atoms with E-state index in [4.69, 9.17) is 14.2 Å². The van der Waals surface area contributed by atoms with Crippen LogP contribution in [0.4, 0.5) is 0 Å². The Morgan fingerprint density at radius 3 is 2.70 bits per heavy atom. The summed E-state index contributed by atoms with van der Waals surface area (Å²) in [6, 6.07) is 15.9. The van der Waals surface area contributed by atoms with Crippen LogP contribution in [0.15, 0.2) is 53.0 Å². The third kappa shape index (κ3) is 4.05. The predicted molar refractivity (Wildman–Crippen MR) is 93.1 cm³/mol. The minimum atomic E-state index is -0.195. The number of halogens is 1. The normalized spacial score (nSPS) is 19.1. The van der Waals surface area contributed by atoms with Gasteiger partial charge >= 0.3 is 0 Å². The SMILES string of the molecule is COc1cc(Br)ccc1O[C@@H](c1ccccc1)[C@@H]1CNCCO1. The van der Waals surface area contributed by atoms with Crippen LogP contribution in [0.25, 0.3) is 0 Å². The zero-order chi connectivity index (χ0) is 16.1. The smallest absolute Gasteiger partial charge is 0.162 e. The van der Waals surface area contributed by atoms with E-state index in [0.29, 0.717) is 18.1 Å². The van der Waals surface area contributed by atoms with Gasteiger partial charge in [0.15, 0.2) is 17.6 Å². The number of hydrogen-bond donors (Lipinski definition) is 1. The standard InChI is InChI=1S/C18H20BrNO3/c1-21-16-11-14(19)7-8-15(16)23-18(13-5-3-2-4-6-13)17-12-20-9-10-22-17/h2-8,11,17-18,20H,9-10,12H2,1H3/t17-,18-/m0/s1. The average Bonchev–Trinajstić information content (AvgIpc) is 2.62. The summed E-state index contributed by atoms with van der Waals surface area (Å²) in [6.07, 6.45) is -0.237. The minimum Gasteiger partial charge on any atom is -0.493 e. The Balaban J connectivity index is 1.89. The molecular weight excluding hydrogens is 358 g/mol. The quantitative estimate of drug-likeness (QED) is 0.864. The highest BCUT2D eigenvalue weighted by Gasteiger charge is 2.28. The molecule has 3 rings (SSSR count). The topological polar surface area (TPSA) is 39.7 Å². The van der Waals surface area contributed by atoms with Gasteiger partial charge in [-0.05, 0) is 23.8 Å². The molecule has 0 radical (unpaired) electrons. The van der Waals surface area contributed by atoms with E-state index in [9.17, 15) is 0 Å². The number of rotatable bonds is 5. The van der Waals surface area contributed by atoms with Gasteiger partial charge in [-0.2, -0.15) is 0 Å². The molecule has 0 aromatic heterocycles. The molecule has 2 aromatic carbocycles. The van der Waals surface area contributed by atoms with E-state index in [1.165, 1.54) is 0 Å². The third-order valence-electron chi connectivity index (χ3n) is 3.80. The fourth-order valence-electron chi connectivity index (χ4n) is 2.66. The number of benzene rings is 2. The lowest BCUT2D eigenvalue weighted by molar-refractivity contribution is -0.0438. The van der Waals surface area contributed by atoms with Gasteiger partial charge in [0.25, 0.3) is 0 Å². The number of ether oxygens (including phenoxy) is 3. The lowest BCUT2D eigenvalue weighted by atomic mass is 10.0. The summed E-state index contributed by atoms with van der Waals surface area (Å²) in [7, 11) is 1.64. The number of methoxy groups -OCH3 is 1. The second kappa shape index (κ2) is 7.81. The Labute approximate surface area is 144 Å². The van der Waals surface area contributed by atoms with Crippen LogP contribution >= 0.6 is 15.9 Å². The van der Waals surface area contributed by atoms with Crippen molar-refractivity contribution in [3.8, 4) is 11.5 Å². The van der Waals surface area contributed by atoms with Crippen LogP contribution in [0, 0.1) is 0 Å². The van der Waals surface area contributed by atoms with E-state index < -0.39 is 0 Å². The summed E-state index contributed by atoms with van der Waals surface area (Å²) in [6.45, 7) is 2.33. The van der Waals surface area contributed by atoms with Gasteiger partial charge in [0, 0.05) is 17.6 Å². The molecule has 0 bridgehead atoms. The maximum absolute atomic E-state index is 6.31. The maximum Gasteiger partial charge on any atom is 0.162 e. The predicted octanol–water partition coefficient (Wildman–Crippen LogP) is 3.57. The monoisotopic (exact) mass is 377 g/mol. The molecule has 2 aromatic rings. The van der Waals surface area contributed by atoms with Crippen molar-refractivity contribution in [3.63, 3.8) is 0 Å². The number of morpholine rings is 1. The molecule has 1 saturated heterocycles. The number of hydrogen-bond acceptors (Lipinski definition) is 4. The zero-order valence-corrected chi connectivity index (χ0v) is 14.6. The van der Waals surface area contributed by atoms with Gasteiger partial charge in [0.1, 0.15) is 6.10 Å². The van der Waals surface area contributed by atoms with Crippen LogP contribution in [-0.2, 0) is 4.74 Å². The fourth-order valence-corrected chi connectivity index (χ4v) is 3.00. The van der Waals surface area contributed by atoms with Gasteiger partial charge in [0.05, 0.1) is 13.7 Å². The van der Waals surface area contributed by atoms with E-state index in [1.807, 2.05) is 36.4 Å². The van der Waals surface area contributed by atoms with E-state index in [2.05, 4.69) is 33.4 Å². The minimum absolute atomic E-state index is 0.0421. The highest BCUT2D eigenvalue weighted by Crippen LogP contribution is 2.35. The second-order valence-corrected chi connectivity index (χ2v) is 6.27. The Morgan fingerprint density at radius 2 is 2.00 bits per heavy atom. The molecule has 122 valence electrons. The molecule has 1 fully saturated rings. The van der Waals surface area contributed by atoms with E-state index in [1.54, 1.807) is 7.11 Å². The van der Waals surface area contributed by atoms with Crippen molar-refractivity contribution in [2.24, 2.45) is 0 Å². The zero-order valence-electron chi connectivity index (χ0n) is 13.0. The van der Waals surface area contributed by atoms with Crippen LogP contribution in [0.3, 0.4) is 0 Å². The summed E-state index contributed by atoms with van der Waals surface area (Å²) in [5, 5.41) is 3.36. The van der Waals surface area contributed by atoms with Crippen molar-refractivity contribution in [2.45, 2.75) is 12.2 Å².